The van der Waals surface area contributed by atoms with Gasteiger partial charge in [0.25, 0.3) is 0 Å². The van der Waals surface area contributed by atoms with E-state index in [0.717, 1.165) is 35.8 Å². The highest BCUT2D eigenvalue weighted by molar-refractivity contribution is 7.99. The first-order valence-corrected chi connectivity index (χ1v) is 10.6. The van der Waals surface area contributed by atoms with Gasteiger partial charge in [0.2, 0.25) is 5.91 Å². The lowest BCUT2D eigenvalue weighted by Crippen LogP contribution is -2.32. The Morgan fingerprint density at radius 3 is 2.93 bits per heavy atom. The third-order valence-electron chi connectivity index (χ3n) is 5.15. The molecule has 0 saturated heterocycles. The Bertz CT molecular complexity index is 998. The number of rotatable bonds is 5. The molecule has 28 heavy (non-hydrogen) atoms. The maximum atomic E-state index is 12.5. The summed E-state index contributed by atoms with van der Waals surface area (Å²) in [6.45, 7) is 2.06. The summed E-state index contributed by atoms with van der Waals surface area (Å²) in [5.41, 5.74) is 4.82. The predicted molar refractivity (Wildman–Crippen MR) is 112 cm³/mol. The molecule has 0 unspecified atom stereocenters. The molecule has 3 aromatic rings. The molecule has 4 rings (SSSR count). The summed E-state index contributed by atoms with van der Waals surface area (Å²) in [4.78, 5) is 12.5. The summed E-state index contributed by atoms with van der Waals surface area (Å²) in [5.74, 6) is 1.18. The molecular formula is C22H24N4OS. The van der Waals surface area contributed by atoms with Crippen LogP contribution < -0.4 is 5.32 Å². The summed E-state index contributed by atoms with van der Waals surface area (Å²) in [5, 5.41) is 12.5. The van der Waals surface area contributed by atoms with E-state index in [4.69, 9.17) is 0 Å². The minimum absolute atomic E-state index is 0.0341. The number of nitrogens with one attached hydrogen (secondary N) is 1. The molecule has 0 saturated carbocycles. The standard InChI is InChI=1S/C22H24N4OS/c1-15-7-5-10-17(13-15)21-24-25-22(26(21)2)28-14-20(27)23-19-12-6-9-16-8-3-4-11-18(16)19/h3-5,7-8,10-11,13,19H,6,9,12,14H2,1-2H3,(H,23,27)/t19-/m1/s1. The first kappa shape index (κ1) is 18.7. The molecule has 1 aliphatic rings. The number of thioether (sulfide) groups is 1. The van der Waals surface area contributed by atoms with Crippen molar-refractivity contribution in [2.24, 2.45) is 7.05 Å². The number of aryl methyl sites for hydroxylation is 2. The summed E-state index contributed by atoms with van der Waals surface area (Å²) in [6.07, 6.45) is 3.20. The lowest BCUT2D eigenvalue weighted by molar-refractivity contribution is -0.119. The first-order valence-electron chi connectivity index (χ1n) is 9.58. The van der Waals surface area contributed by atoms with Gasteiger partial charge in [0.15, 0.2) is 11.0 Å². The van der Waals surface area contributed by atoms with Crippen molar-refractivity contribution in [1.82, 2.24) is 20.1 Å². The Balaban J connectivity index is 1.40. The molecule has 0 spiro atoms. The lowest BCUT2D eigenvalue weighted by atomic mass is 9.88. The van der Waals surface area contributed by atoms with E-state index >= 15 is 0 Å². The van der Waals surface area contributed by atoms with Crippen LogP contribution in [0, 0.1) is 6.92 Å². The van der Waals surface area contributed by atoms with Gasteiger partial charge >= 0.3 is 0 Å². The van der Waals surface area contributed by atoms with Crippen LogP contribution in [0.1, 0.15) is 35.6 Å². The topological polar surface area (TPSA) is 59.8 Å². The first-order chi connectivity index (χ1) is 13.6. The second kappa shape index (κ2) is 8.19. The molecule has 1 amide bonds. The van der Waals surface area contributed by atoms with Gasteiger partial charge in [-0.05, 0) is 43.4 Å². The Morgan fingerprint density at radius 1 is 1.21 bits per heavy atom. The van der Waals surface area contributed by atoms with Crippen LogP contribution in [0.15, 0.2) is 53.7 Å². The van der Waals surface area contributed by atoms with E-state index < -0.39 is 0 Å². The van der Waals surface area contributed by atoms with Gasteiger partial charge in [-0.15, -0.1) is 10.2 Å². The van der Waals surface area contributed by atoms with Crippen LogP contribution in [0.5, 0.6) is 0 Å². The van der Waals surface area contributed by atoms with Crippen molar-refractivity contribution < 1.29 is 4.79 Å². The normalized spacial score (nSPS) is 15.9. The molecule has 6 heteroatoms. The van der Waals surface area contributed by atoms with Gasteiger partial charge in [0, 0.05) is 12.6 Å². The van der Waals surface area contributed by atoms with Gasteiger partial charge in [-0.3, -0.25) is 4.79 Å². The maximum Gasteiger partial charge on any atom is 0.230 e. The van der Waals surface area contributed by atoms with Crippen LogP contribution in [0.25, 0.3) is 11.4 Å². The summed E-state index contributed by atoms with van der Waals surface area (Å²) >= 11 is 1.42. The molecule has 1 heterocycles. The van der Waals surface area contributed by atoms with Crippen LogP contribution in [0.2, 0.25) is 0 Å². The average molecular weight is 393 g/mol. The molecule has 1 aliphatic carbocycles. The summed E-state index contributed by atoms with van der Waals surface area (Å²) < 4.78 is 1.95. The Hall–Kier alpha value is -2.60. The molecule has 0 bridgehead atoms. The SMILES string of the molecule is Cc1cccc(-c2nnc(SCC(=O)N[C@@H]3CCCc4ccccc43)n2C)c1. The van der Waals surface area contributed by atoms with Crippen molar-refractivity contribution in [3.63, 3.8) is 0 Å². The number of aromatic nitrogens is 3. The van der Waals surface area contributed by atoms with Crippen molar-refractivity contribution >= 4 is 17.7 Å². The smallest absolute Gasteiger partial charge is 0.230 e. The lowest BCUT2D eigenvalue weighted by Gasteiger charge is -2.26. The van der Waals surface area contributed by atoms with Gasteiger partial charge in [0.05, 0.1) is 11.8 Å². The third kappa shape index (κ3) is 3.97. The second-order valence-corrected chi connectivity index (χ2v) is 8.18. The Kier molecular flexibility index (Phi) is 5.48. The number of nitrogens with zero attached hydrogens (tertiary/aromatic N) is 3. The minimum atomic E-state index is 0.0341. The largest absolute Gasteiger partial charge is 0.349 e. The fourth-order valence-electron chi connectivity index (χ4n) is 3.75. The molecule has 1 atom stereocenters. The highest BCUT2D eigenvalue weighted by Crippen LogP contribution is 2.30. The van der Waals surface area contributed by atoms with Crippen LogP contribution >= 0.6 is 11.8 Å². The van der Waals surface area contributed by atoms with Gasteiger partial charge < -0.3 is 9.88 Å². The van der Waals surface area contributed by atoms with Crippen molar-refractivity contribution in [2.75, 3.05) is 5.75 Å². The van der Waals surface area contributed by atoms with Crippen molar-refractivity contribution in [3.05, 3.63) is 65.2 Å². The molecule has 2 aromatic carbocycles. The molecule has 0 radical (unpaired) electrons. The second-order valence-electron chi connectivity index (χ2n) is 7.23. The van der Waals surface area contributed by atoms with Gasteiger partial charge in [0.1, 0.15) is 0 Å². The van der Waals surface area contributed by atoms with Gasteiger partial charge in [-0.2, -0.15) is 0 Å². The molecular weight excluding hydrogens is 368 g/mol. The van der Waals surface area contributed by atoms with E-state index in [1.165, 1.54) is 28.5 Å². The molecule has 0 fully saturated rings. The van der Waals surface area contributed by atoms with Crippen LogP contribution in [0.4, 0.5) is 0 Å². The van der Waals surface area contributed by atoms with Crippen LogP contribution in [-0.2, 0) is 18.3 Å². The minimum Gasteiger partial charge on any atom is -0.349 e. The van der Waals surface area contributed by atoms with E-state index in [1.807, 2.05) is 29.8 Å². The average Bonchev–Trinajstić information content (AvgIpc) is 3.07. The zero-order valence-corrected chi connectivity index (χ0v) is 17.0. The van der Waals surface area contributed by atoms with Crippen LogP contribution in [0.3, 0.4) is 0 Å². The number of fused-ring (bicyclic) bond motifs is 1. The van der Waals surface area contributed by atoms with E-state index in [1.54, 1.807) is 0 Å². The molecule has 144 valence electrons. The van der Waals surface area contributed by atoms with Crippen LogP contribution in [-0.4, -0.2) is 26.4 Å². The molecule has 0 aliphatic heterocycles. The number of amides is 1. The number of hydrogen-bond acceptors (Lipinski definition) is 4. The number of benzene rings is 2. The fraction of sp³-hybridized carbons (Fsp3) is 0.318. The highest BCUT2D eigenvalue weighted by atomic mass is 32.2. The quantitative estimate of drug-likeness (QED) is 0.665. The van der Waals surface area contributed by atoms with Gasteiger partial charge in [-0.25, -0.2) is 0 Å². The molecule has 1 N–H and O–H groups in total. The number of hydrogen-bond donors (Lipinski definition) is 1. The predicted octanol–water partition coefficient (Wildman–Crippen LogP) is 4.08. The molecule has 1 aromatic heterocycles. The maximum absolute atomic E-state index is 12.5. The number of carbonyl (C=O) groups is 1. The van der Waals surface area contributed by atoms with E-state index in [9.17, 15) is 4.79 Å². The zero-order chi connectivity index (χ0) is 19.5. The molecule has 5 nitrogen and oxygen atoms in total. The van der Waals surface area contributed by atoms with Crippen molar-refractivity contribution in [3.8, 4) is 11.4 Å². The van der Waals surface area contributed by atoms with Crippen molar-refractivity contribution in [2.45, 2.75) is 37.4 Å². The van der Waals surface area contributed by atoms with Crippen molar-refractivity contribution in [1.29, 1.82) is 0 Å². The highest BCUT2D eigenvalue weighted by Gasteiger charge is 2.21. The Labute approximate surface area is 169 Å². The Morgan fingerprint density at radius 2 is 2.07 bits per heavy atom. The summed E-state index contributed by atoms with van der Waals surface area (Å²) in [6, 6.07) is 16.7. The number of carbonyl (C=O) groups excluding carboxylic acids is 1. The monoisotopic (exact) mass is 392 g/mol. The van der Waals surface area contributed by atoms with Gasteiger partial charge in [-0.1, -0.05) is 59.8 Å². The van der Waals surface area contributed by atoms with E-state index in [-0.39, 0.29) is 11.9 Å². The third-order valence-corrected chi connectivity index (χ3v) is 6.17. The summed E-state index contributed by atoms with van der Waals surface area (Å²) in [7, 11) is 1.94. The van der Waals surface area contributed by atoms with E-state index in [2.05, 4.69) is 52.8 Å². The van der Waals surface area contributed by atoms with E-state index in [0.29, 0.717) is 5.75 Å². The zero-order valence-electron chi connectivity index (χ0n) is 16.2. The fourth-order valence-corrected chi connectivity index (χ4v) is 4.47.